The molecule has 1 saturated heterocycles. The summed E-state index contributed by atoms with van der Waals surface area (Å²) in [7, 11) is 0. The summed E-state index contributed by atoms with van der Waals surface area (Å²) in [6.07, 6.45) is 2.70. The van der Waals surface area contributed by atoms with Crippen LogP contribution in [-0.2, 0) is 11.3 Å². The molecular formula is C20H33N3O4. The Balaban J connectivity index is 1.98. The van der Waals surface area contributed by atoms with Gasteiger partial charge in [0.25, 0.3) is 11.5 Å². The summed E-state index contributed by atoms with van der Waals surface area (Å²) in [4.78, 5) is 29.8. The SMILES string of the molecule is Cc1ccn(CCC(C)C)c(=O)c1C(=O)N1CCN(CCOCCO)CC1. The molecule has 0 radical (unpaired) electrons. The minimum absolute atomic E-state index is 0.0351. The maximum atomic E-state index is 13.0. The number of carbonyl (C=O) groups excluding carboxylic acids is 1. The van der Waals surface area contributed by atoms with Crippen molar-refractivity contribution in [1.82, 2.24) is 14.4 Å². The molecule has 27 heavy (non-hydrogen) atoms. The quantitative estimate of drug-likeness (QED) is 0.647. The second-order valence-electron chi connectivity index (χ2n) is 7.52. The molecule has 7 nitrogen and oxygen atoms in total. The van der Waals surface area contributed by atoms with E-state index in [0.29, 0.717) is 44.3 Å². The number of aliphatic hydroxyl groups is 1. The molecule has 1 aliphatic rings. The number of aromatic nitrogens is 1. The van der Waals surface area contributed by atoms with Crippen molar-refractivity contribution in [3.8, 4) is 0 Å². The first-order valence-electron chi connectivity index (χ1n) is 9.84. The van der Waals surface area contributed by atoms with E-state index in [0.717, 1.165) is 31.6 Å². The fourth-order valence-corrected chi connectivity index (χ4v) is 3.19. The fraction of sp³-hybridized carbons (Fsp3) is 0.700. The van der Waals surface area contributed by atoms with Crippen molar-refractivity contribution < 1.29 is 14.6 Å². The molecule has 152 valence electrons. The highest BCUT2D eigenvalue weighted by molar-refractivity contribution is 5.95. The van der Waals surface area contributed by atoms with E-state index in [1.54, 1.807) is 15.7 Å². The summed E-state index contributed by atoms with van der Waals surface area (Å²) < 4.78 is 6.96. The van der Waals surface area contributed by atoms with E-state index in [4.69, 9.17) is 9.84 Å². The van der Waals surface area contributed by atoms with Gasteiger partial charge in [-0.3, -0.25) is 14.5 Å². The van der Waals surface area contributed by atoms with Crippen molar-refractivity contribution in [3.63, 3.8) is 0 Å². The van der Waals surface area contributed by atoms with E-state index in [-0.39, 0.29) is 18.1 Å². The van der Waals surface area contributed by atoms with Gasteiger partial charge >= 0.3 is 0 Å². The molecule has 2 heterocycles. The third kappa shape index (κ3) is 6.16. The molecule has 1 aromatic heterocycles. The van der Waals surface area contributed by atoms with Crippen LogP contribution in [0.5, 0.6) is 0 Å². The van der Waals surface area contributed by atoms with Crippen molar-refractivity contribution in [2.75, 3.05) is 52.5 Å². The highest BCUT2D eigenvalue weighted by atomic mass is 16.5. The Bertz CT molecular complexity index is 664. The smallest absolute Gasteiger partial charge is 0.263 e. The van der Waals surface area contributed by atoms with Gasteiger partial charge in [0.1, 0.15) is 5.56 Å². The van der Waals surface area contributed by atoms with Gasteiger partial charge in [0.15, 0.2) is 0 Å². The normalized spacial score (nSPS) is 15.5. The van der Waals surface area contributed by atoms with Gasteiger partial charge in [-0.15, -0.1) is 0 Å². The highest BCUT2D eigenvalue weighted by Crippen LogP contribution is 2.11. The minimum Gasteiger partial charge on any atom is -0.394 e. The molecule has 0 aliphatic carbocycles. The molecule has 1 aliphatic heterocycles. The molecule has 0 spiro atoms. The predicted octanol–water partition coefficient (Wildman–Crippen LogP) is 0.970. The largest absolute Gasteiger partial charge is 0.394 e. The highest BCUT2D eigenvalue weighted by Gasteiger charge is 2.25. The first kappa shape index (κ1) is 21.6. The van der Waals surface area contributed by atoms with Crippen molar-refractivity contribution in [2.45, 2.75) is 33.7 Å². The van der Waals surface area contributed by atoms with Crippen LogP contribution < -0.4 is 5.56 Å². The maximum absolute atomic E-state index is 13.0. The fourth-order valence-electron chi connectivity index (χ4n) is 3.19. The van der Waals surface area contributed by atoms with E-state index >= 15 is 0 Å². The van der Waals surface area contributed by atoms with Gasteiger partial charge in [0.2, 0.25) is 0 Å². The van der Waals surface area contributed by atoms with Crippen LogP contribution in [0.4, 0.5) is 0 Å². The average molecular weight is 380 g/mol. The summed E-state index contributed by atoms with van der Waals surface area (Å²) in [6.45, 7) is 11.2. The van der Waals surface area contributed by atoms with Crippen LogP contribution >= 0.6 is 0 Å². The van der Waals surface area contributed by atoms with Gasteiger partial charge in [0, 0.05) is 45.5 Å². The summed E-state index contributed by atoms with van der Waals surface area (Å²) >= 11 is 0. The zero-order valence-corrected chi connectivity index (χ0v) is 16.8. The van der Waals surface area contributed by atoms with Crippen LogP contribution in [0, 0.1) is 12.8 Å². The molecule has 1 amide bonds. The summed E-state index contributed by atoms with van der Waals surface area (Å²) in [5.74, 6) is 0.347. The monoisotopic (exact) mass is 379 g/mol. The lowest BCUT2D eigenvalue weighted by molar-refractivity contribution is 0.0485. The Morgan fingerprint density at radius 1 is 1.19 bits per heavy atom. The van der Waals surface area contributed by atoms with Crippen molar-refractivity contribution in [3.05, 3.63) is 33.7 Å². The van der Waals surface area contributed by atoms with Crippen LogP contribution in [0.25, 0.3) is 0 Å². The second kappa shape index (κ2) is 10.6. The first-order chi connectivity index (χ1) is 12.9. The summed E-state index contributed by atoms with van der Waals surface area (Å²) in [6, 6.07) is 1.86. The minimum atomic E-state index is -0.180. The molecule has 1 N–H and O–H groups in total. The van der Waals surface area contributed by atoms with Crippen LogP contribution in [0.15, 0.2) is 17.1 Å². The van der Waals surface area contributed by atoms with Gasteiger partial charge < -0.3 is 19.3 Å². The first-order valence-corrected chi connectivity index (χ1v) is 9.84. The Labute approximate surface area is 161 Å². The van der Waals surface area contributed by atoms with Crippen molar-refractivity contribution in [1.29, 1.82) is 0 Å². The number of nitrogens with zero attached hydrogens (tertiary/aromatic N) is 3. The van der Waals surface area contributed by atoms with Gasteiger partial charge in [0.05, 0.1) is 19.8 Å². The number of amides is 1. The Morgan fingerprint density at radius 2 is 1.89 bits per heavy atom. The zero-order valence-electron chi connectivity index (χ0n) is 16.8. The number of rotatable bonds is 9. The van der Waals surface area contributed by atoms with Gasteiger partial charge in [-0.05, 0) is 30.9 Å². The number of hydrogen-bond acceptors (Lipinski definition) is 5. The molecule has 0 atom stereocenters. The zero-order chi connectivity index (χ0) is 19.8. The van der Waals surface area contributed by atoms with Crippen LogP contribution in [0.3, 0.4) is 0 Å². The molecular weight excluding hydrogens is 346 g/mol. The Kier molecular flexibility index (Phi) is 8.47. The third-order valence-electron chi connectivity index (χ3n) is 4.98. The number of aryl methyl sites for hydroxylation is 2. The topological polar surface area (TPSA) is 75.0 Å². The Morgan fingerprint density at radius 3 is 2.52 bits per heavy atom. The van der Waals surface area contributed by atoms with Gasteiger partial charge in [-0.2, -0.15) is 0 Å². The lowest BCUT2D eigenvalue weighted by Gasteiger charge is -2.34. The van der Waals surface area contributed by atoms with Crippen molar-refractivity contribution in [2.24, 2.45) is 5.92 Å². The summed E-state index contributed by atoms with van der Waals surface area (Å²) in [5.41, 5.74) is 0.868. The van der Waals surface area contributed by atoms with E-state index in [9.17, 15) is 9.59 Å². The molecule has 1 aromatic rings. The van der Waals surface area contributed by atoms with E-state index in [1.807, 2.05) is 13.0 Å². The Hall–Kier alpha value is -1.70. The van der Waals surface area contributed by atoms with E-state index in [2.05, 4.69) is 18.7 Å². The van der Waals surface area contributed by atoms with Crippen LogP contribution in [0.2, 0.25) is 0 Å². The third-order valence-corrected chi connectivity index (χ3v) is 4.98. The number of carbonyl (C=O) groups is 1. The number of aliphatic hydroxyl groups excluding tert-OH is 1. The predicted molar refractivity (Wildman–Crippen MR) is 105 cm³/mol. The average Bonchev–Trinajstić information content (AvgIpc) is 2.65. The van der Waals surface area contributed by atoms with Gasteiger partial charge in [-0.1, -0.05) is 13.8 Å². The van der Waals surface area contributed by atoms with Crippen LogP contribution in [-0.4, -0.2) is 77.9 Å². The molecule has 0 saturated carbocycles. The van der Waals surface area contributed by atoms with E-state index in [1.165, 1.54) is 0 Å². The molecule has 0 aromatic carbocycles. The second-order valence-corrected chi connectivity index (χ2v) is 7.52. The number of pyridine rings is 1. The molecule has 0 unspecified atom stereocenters. The molecule has 0 bridgehead atoms. The number of hydrogen-bond donors (Lipinski definition) is 1. The maximum Gasteiger partial charge on any atom is 0.263 e. The molecule has 2 rings (SSSR count). The molecule has 1 fully saturated rings. The summed E-state index contributed by atoms with van der Waals surface area (Å²) in [5, 5.41) is 8.72. The lowest BCUT2D eigenvalue weighted by atomic mass is 10.1. The molecule has 7 heteroatoms. The van der Waals surface area contributed by atoms with Crippen molar-refractivity contribution >= 4 is 5.91 Å². The van der Waals surface area contributed by atoms with Gasteiger partial charge in [-0.25, -0.2) is 0 Å². The standard InChI is InChI=1S/C20H33N3O4/c1-16(2)4-6-22-7-5-17(3)18(19(22)25)20(26)23-10-8-21(9-11-23)12-14-27-15-13-24/h5,7,16,24H,4,6,8-15H2,1-3H3. The lowest BCUT2D eigenvalue weighted by Crippen LogP contribution is -2.50. The van der Waals surface area contributed by atoms with Crippen LogP contribution in [0.1, 0.15) is 36.2 Å². The number of piperazine rings is 1. The van der Waals surface area contributed by atoms with E-state index < -0.39 is 0 Å². The number of ether oxygens (including phenoxy) is 1.